The summed E-state index contributed by atoms with van der Waals surface area (Å²) in [6.07, 6.45) is 0.0755. The van der Waals surface area contributed by atoms with E-state index in [0.29, 0.717) is 24.2 Å². The molecule has 1 aromatic rings. The van der Waals surface area contributed by atoms with Gasteiger partial charge in [0.1, 0.15) is 12.1 Å². The molecular formula is C17H15ClN4O4. The van der Waals surface area contributed by atoms with Crippen molar-refractivity contribution in [1.29, 1.82) is 5.26 Å². The van der Waals surface area contributed by atoms with Gasteiger partial charge < -0.3 is 14.5 Å². The Morgan fingerprint density at radius 3 is 2.77 bits per heavy atom. The minimum absolute atomic E-state index is 0.209. The number of piperazine rings is 1. The monoisotopic (exact) mass is 374 g/mol. The zero-order valence-corrected chi connectivity index (χ0v) is 14.9. The number of carbonyl (C=O) groups excluding carboxylic acids is 3. The molecule has 4 rings (SSSR count). The number of nitrogens with zero attached hydrogens (tertiary/aromatic N) is 4. The Kier molecular flexibility index (Phi) is 3.59. The maximum Gasteiger partial charge on any atom is 0.409 e. The van der Waals surface area contributed by atoms with Gasteiger partial charge in [0, 0.05) is 6.54 Å². The van der Waals surface area contributed by atoms with Crippen molar-refractivity contribution in [3.63, 3.8) is 0 Å². The summed E-state index contributed by atoms with van der Waals surface area (Å²) in [4.78, 5) is 42.1. The number of hydrogen-bond donors (Lipinski definition) is 0. The molecule has 3 aliphatic heterocycles. The first-order chi connectivity index (χ1) is 12.4. The molecule has 2 bridgehead atoms. The van der Waals surface area contributed by atoms with Gasteiger partial charge in [-0.25, -0.2) is 14.5 Å². The number of benzene rings is 1. The molecule has 0 spiro atoms. The lowest BCUT2D eigenvalue weighted by atomic mass is 10.1. The number of carbonyl (C=O) groups is 3. The topological polar surface area (TPSA) is 94.0 Å². The number of anilines is 1. The fraction of sp³-hybridized carbons (Fsp3) is 0.412. The van der Waals surface area contributed by atoms with Gasteiger partial charge in [0.2, 0.25) is 0 Å². The lowest BCUT2D eigenvalue weighted by Crippen LogP contribution is -2.54. The van der Waals surface area contributed by atoms with E-state index in [9.17, 15) is 14.4 Å². The Labute approximate surface area is 154 Å². The van der Waals surface area contributed by atoms with Crippen molar-refractivity contribution in [2.24, 2.45) is 0 Å². The number of fused-ring (bicyclic) bond motifs is 5. The molecule has 26 heavy (non-hydrogen) atoms. The maximum absolute atomic E-state index is 13.0. The van der Waals surface area contributed by atoms with Gasteiger partial charge in [0.15, 0.2) is 0 Å². The van der Waals surface area contributed by atoms with Gasteiger partial charge >= 0.3 is 12.1 Å². The van der Waals surface area contributed by atoms with Crippen molar-refractivity contribution in [2.45, 2.75) is 31.5 Å². The van der Waals surface area contributed by atoms with Crippen LogP contribution in [-0.4, -0.2) is 59.6 Å². The first kappa shape index (κ1) is 16.7. The lowest BCUT2D eigenvalue weighted by molar-refractivity contribution is -0.121. The number of halogens is 1. The van der Waals surface area contributed by atoms with Crippen LogP contribution in [0.1, 0.15) is 17.5 Å². The Balaban J connectivity index is 1.72. The maximum atomic E-state index is 13.0. The molecule has 3 fully saturated rings. The molecule has 134 valence electrons. The minimum Gasteiger partial charge on any atom is -0.453 e. The van der Waals surface area contributed by atoms with Crippen LogP contribution in [0.5, 0.6) is 0 Å². The third kappa shape index (κ3) is 1.98. The fourth-order valence-electron chi connectivity index (χ4n) is 4.21. The van der Waals surface area contributed by atoms with Crippen molar-refractivity contribution >= 4 is 35.3 Å². The van der Waals surface area contributed by atoms with Gasteiger partial charge in [-0.05, 0) is 31.0 Å². The molecule has 0 aliphatic carbocycles. The molecule has 0 saturated carbocycles. The summed E-state index contributed by atoms with van der Waals surface area (Å²) in [5.74, 6) is -0.389. The van der Waals surface area contributed by atoms with Gasteiger partial charge in [0.25, 0.3) is 5.91 Å². The van der Waals surface area contributed by atoms with Crippen molar-refractivity contribution < 1.29 is 19.1 Å². The number of urea groups is 1. The molecule has 0 aromatic heterocycles. The van der Waals surface area contributed by atoms with E-state index in [1.807, 2.05) is 6.07 Å². The molecule has 2 unspecified atom stereocenters. The van der Waals surface area contributed by atoms with Gasteiger partial charge in [-0.2, -0.15) is 5.26 Å². The number of imide groups is 1. The molecule has 0 radical (unpaired) electrons. The van der Waals surface area contributed by atoms with Crippen molar-refractivity contribution in [3.05, 3.63) is 28.3 Å². The van der Waals surface area contributed by atoms with Crippen LogP contribution in [0.15, 0.2) is 12.1 Å². The van der Waals surface area contributed by atoms with Crippen LogP contribution in [0, 0.1) is 18.3 Å². The highest BCUT2D eigenvalue weighted by Crippen LogP contribution is 2.43. The van der Waals surface area contributed by atoms with Crippen LogP contribution in [0.3, 0.4) is 0 Å². The van der Waals surface area contributed by atoms with Gasteiger partial charge in [-0.1, -0.05) is 11.6 Å². The van der Waals surface area contributed by atoms with E-state index in [1.165, 1.54) is 18.1 Å². The van der Waals surface area contributed by atoms with Crippen LogP contribution in [0.4, 0.5) is 15.3 Å². The van der Waals surface area contributed by atoms with E-state index in [2.05, 4.69) is 0 Å². The second-order valence-electron chi connectivity index (χ2n) is 6.57. The first-order valence-corrected chi connectivity index (χ1v) is 8.48. The van der Waals surface area contributed by atoms with Gasteiger partial charge in [-0.3, -0.25) is 4.79 Å². The summed E-state index contributed by atoms with van der Waals surface area (Å²) in [6.45, 7) is 2.02. The normalized spacial score (nSPS) is 26.4. The highest BCUT2D eigenvalue weighted by Gasteiger charge is 2.63. The van der Waals surface area contributed by atoms with E-state index in [-0.39, 0.29) is 28.6 Å². The summed E-state index contributed by atoms with van der Waals surface area (Å²) in [6, 6.07) is 3.30. The van der Waals surface area contributed by atoms with Crippen molar-refractivity contribution in [3.8, 4) is 6.07 Å². The molecule has 3 heterocycles. The molecule has 3 saturated heterocycles. The summed E-state index contributed by atoms with van der Waals surface area (Å²) in [5.41, 5.74) is 1.14. The number of methoxy groups -OCH3 is 1. The number of amides is 4. The quantitative estimate of drug-likeness (QED) is 0.699. The number of hydrogen-bond acceptors (Lipinski definition) is 5. The van der Waals surface area contributed by atoms with Crippen LogP contribution >= 0.6 is 11.6 Å². The lowest BCUT2D eigenvalue weighted by Gasteiger charge is -2.33. The minimum atomic E-state index is -0.714. The highest BCUT2D eigenvalue weighted by molar-refractivity contribution is 6.33. The Morgan fingerprint density at radius 2 is 2.12 bits per heavy atom. The van der Waals surface area contributed by atoms with Crippen LogP contribution in [0.25, 0.3) is 0 Å². The predicted octanol–water partition coefficient (Wildman–Crippen LogP) is 1.88. The Bertz CT molecular complexity index is 895. The molecule has 3 aliphatic rings. The van der Waals surface area contributed by atoms with Crippen LogP contribution in [-0.2, 0) is 9.53 Å². The Hall–Kier alpha value is -2.79. The second kappa shape index (κ2) is 5.61. The van der Waals surface area contributed by atoms with E-state index < -0.39 is 18.2 Å². The second-order valence-corrected chi connectivity index (χ2v) is 6.95. The zero-order valence-electron chi connectivity index (χ0n) is 14.1. The molecular weight excluding hydrogens is 360 g/mol. The van der Waals surface area contributed by atoms with Crippen molar-refractivity contribution in [1.82, 2.24) is 9.80 Å². The van der Waals surface area contributed by atoms with E-state index in [0.717, 1.165) is 4.90 Å². The zero-order chi connectivity index (χ0) is 18.7. The van der Waals surface area contributed by atoms with Gasteiger partial charge in [-0.15, -0.1) is 0 Å². The third-order valence-corrected chi connectivity index (χ3v) is 5.88. The number of rotatable bonds is 1. The fourth-order valence-corrected chi connectivity index (χ4v) is 4.41. The average molecular weight is 375 g/mol. The smallest absolute Gasteiger partial charge is 0.409 e. The molecule has 3 atom stereocenters. The SMILES string of the molecule is COC(=O)N1C[C@H]2CC1C1C(=O)N(c3ccc(C#N)c(Cl)c3C)C(=O)N12. The standard InChI is InChI=1S/C17H15ClN4O4/c1-8-11(4-3-9(6-19)13(8)18)22-15(23)14-12-5-10(21(14)16(22)24)7-20(12)17(25)26-2/h3-4,10,12,14H,5,7H2,1-2H3/t10-,12?,14?/m1/s1. The van der Waals surface area contributed by atoms with Gasteiger partial charge in [0.05, 0.1) is 35.5 Å². The van der Waals surface area contributed by atoms with Crippen molar-refractivity contribution in [2.75, 3.05) is 18.6 Å². The average Bonchev–Trinajstić information content (AvgIpc) is 3.29. The molecule has 0 N–H and O–H groups in total. The summed E-state index contributed by atoms with van der Waals surface area (Å²) in [7, 11) is 1.29. The molecule has 1 aromatic carbocycles. The van der Waals surface area contributed by atoms with Crippen LogP contribution < -0.4 is 4.90 Å². The third-order valence-electron chi connectivity index (χ3n) is 5.39. The summed E-state index contributed by atoms with van der Waals surface area (Å²) in [5, 5.41) is 9.30. The largest absolute Gasteiger partial charge is 0.453 e. The summed E-state index contributed by atoms with van der Waals surface area (Å²) < 4.78 is 4.78. The van der Waals surface area contributed by atoms with E-state index >= 15 is 0 Å². The first-order valence-electron chi connectivity index (χ1n) is 8.10. The molecule has 9 heteroatoms. The predicted molar refractivity (Wildman–Crippen MR) is 90.7 cm³/mol. The number of nitriles is 1. The molecule has 4 amide bonds. The molecule has 8 nitrogen and oxygen atoms in total. The van der Waals surface area contributed by atoms with Crippen LogP contribution in [0.2, 0.25) is 5.02 Å². The van der Waals surface area contributed by atoms with E-state index in [1.54, 1.807) is 17.9 Å². The number of likely N-dealkylation sites (tertiary alicyclic amines) is 1. The Morgan fingerprint density at radius 1 is 1.38 bits per heavy atom. The number of ether oxygens (including phenoxy) is 1. The van der Waals surface area contributed by atoms with E-state index in [4.69, 9.17) is 21.6 Å². The highest BCUT2D eigenvalue weighted by atomic mass is 35.5. The summed E-state index contributed by atoms with van der Waals surface area (Å²) >= 11 is 6.19.